The van der Waals surface area contributed by atoms with Crippen LogP contribution in [-0.2, 0) is 9.59 Å². The maximum absolute atomic E-state index is 12.1. The minimum absolute atomic E-state index is 0.174. The van der Waals surface area contributed by atoms with E-state index in [9.17, 15) is 9.59 Å². The third kappa shape index (κ3) is 2.45. The molecule has 1 heterocycles. The Hall–Kier alpha value is -1.91. The van der Waals surface area contributed by atoms with Gasteiger partial charge in [-0.25, -0.2) is 0 Å². The van der Waals surface area contributed by atoms with Gasteiger partial charge in [-0.05, 0) is 24.0 Å². The molecular weight excluding hydrogens is 244 g/mol. The van der Waals surface area contributed by atoms with Gasteiger partial charge in [-0.3, -0.25) is 14.6 Å². The molecule has 1 fully saturated rings. The monoisotopic (exact) mass is 262 g/mol. The molecule has 102 valence electrons. The first-order chi connectivity index (χ1) is 8.85. The molecule has 3 atom stereocenters. The van der Waals surface area contributed by atoms with Crippen molar-refractivity contribution in [1.29, 1.82) is 0 Å². The van der Waals surface area contributed by atoms with Crippen molar-refractivity contribution in [2.75, 3.05) is 0 Å². The van der Waals surface area contributed by atoms with E-state index in [4.69, 9.17) is 5.11 Å². The molecule has 0 aliphatic heterocycles. The highest BCUT2D eigenvalue weighted by molar-refractivity contribution is 5.91. The fraction of sp³-hybridized carbons (Fsp3) is 0.500. The molecule has 5 nitrogen and oxygen atoms in total. The second kappa shape index (κ2) is 4.64. The number of carbonyl (C=O) groups is 2. The number of aliphatic carboxylic acids is 1. The Morgan fingerprint density at radius 2 is 2.11 bits per heavy atom. The molecule has 1 unspecified atom stereocenters. The lowest BCUT2D eigenvalue weighted by molar-refractivity contribution is -0.140. The Labute approximate surface area is 112 Å². The van der Waals surface area contributed by atoms with Gasteiger partial charge in [-0.15, -0.1) is 0 Å². The van der Waals surface area contributed by atoms with E-state index in [0.717, 1.165) is 5.56 Å². The molecule has 0 radical (unpaired) electrons. The van der Waals surface area contributed by atoms with Crippen LogP contribution in [0.4, 0.5) is 0 Å². The summed E-state index contributed by atoms with van der Waals surface area (Å²) < 4.78 is 0. The minimum Gasteiger partial charge on any atom is -0.481 e. The third-order valence-corrected chi connectivity index (χ3v) is 3.92. The molecule has 1 aromatic heterocycles. The number of hydrogen-bond acceptors (Lipinski definition) is 3. The molecule has 1 aromatic rings. The Kier molecular flexibility index (Phi) is 3.30. The van der Waals surface area contributed by atoms with E-state index in [-0.39, 0.29) is 11.9 Å². The Morgan fingerprint density at radius 3 is 2.58 bits per heavy atom. The number of carboxylic acids is 1. The van der Waals surface area contributed by atoms with Crippen molar-refractivity contribution < 1.29 is 14.7 Å². The number of rotatable bonds is 4. The van der Waals surface area contributed by atoms with Crippen LogP contribution in [0.15, 0.2) is 24.5 Å². The van der Waals surface area contributed by atoms with Crippen molar-refractivity contribution >= 4 is 11.9 Å². The maximum Gasteiger partial charge on any atom is 0.307 e. The van der Waals surface area contributed by atoms with Crippen LogP contribution in [0.3, 0.4) is 0 Å². The number of nitrogens with zero attached hydrogens (tertiary/aromatic N) is 1. The Balaban J connectivity index is 2.02. The number of aromatic nitrogens is 1. The molecule has 0 spiro atoms. The van der Waals surface area contributed by atoms with Gasteiger partial charge in [-0.2, -0.15) is 0 Å². The first-order valence-corrected chi connectivity index (χ1v) is 6.29. The summed E-state index contributed by atoms with van der Waals surface area (Å²) in [6, 6.07) is 3.51. The largest absolute Gasteiger partial charge is 0.481 e. The molecule has 1 saturated carbocycles. The summed E-state index contributed by atoms with van der Waals surface area (Å²) in [6.07, 6.45) is 3.36. The molecule has 5 heteroatoms. The van der Waals surface area contributed by atoms with Crippen molar-refractivity contribution in [3.8, 4) is 0 Å². The third-order valence-electron chi connectivity index (χ3n) is 3.92. The highest BCUT2D eigenvalue weighted by Gasteiger charge is 2.65. The number of carbonyl (C=O) groups excluding carboxylic acids is 1. The zero-order chi connectivity index (χ0) is 14.2. The van der Waals surface area contributed by atoms with Gasteiger partial charge in [0, 0.05) is 12.4 Å². The van der Waals surface area contributed by atoms with Crippen molar-refractivity contribution in [1.82, 2.24) is 10.3 Å². The van der Waals surface area contributed by atoms with Crippen LogP contribution in [0.1, 0.15) is 32.4 Å². The summed E-state index contributed by atoms with van der Waals surface area (Å²) in [5.74, 6) is -2.15. The second-order valence-electron chi connectivity index (χ2n) is 5.63. The molecule has 19 heavy (non-hydrogen) atoms. The standard InChI is InChI=1S/C14H18N2O3/c1-8(9-5-4-6-15-7-9)16-12(17)10-11(13(18)19)14(10,2)3/h4-8,10-11H,1-3H3,(H,16,17)(H,18,19)/t8?,10-,11+/m0/s1. The normalized spacial score (nSPS) is 25.4. The number of nitrogens with one attached hydrogen (secondary N) is 1. The van der Waals surface area contributed by atoms with Crippen molar-refractivity contribution in [2.24, 2.45) is 17.3 Å². The first-order valence-electron chi connectivity index (χ1n) is 6.29. The summed E-state index contributed by atoms with van der Waals surface area (Å²) >= 11 is 0. The molecule has 0 aromatic carbocycles. The van der Waals surface area contributed by atoms with Crippen LogP contribution < -0.4 is 5.32 Å². The predicted molar refractivity (Wildman–Crippen MR) is 69.2 cm³/mol. The molecule has 1 amide bonds. The van der Waals surface area contributed by atoms with Gasteiger partial charge < -0.3 is 10.4 Å². The molecule has 2 rings (SSSR count). The molecule has 0 saturated heterocycles. The van der Waals surface area contributed by atoms with Crippen molar-refractivity contribution in [3.05, 3.63) is 30.1 Å². The van der Waals surface area contributed by atoms with Gasteiger partial charge in [0.1, 0.15) is 0 Å². The van der Waals surface area contributed by atoms with Crippen molar-refractivity contribution in [3.63, 3.8) is 0 Å². The summed E-state index contributed by atoms with van der Waals surface area (Å²) in [4.78, 5) is 27.2. The topological polar surface area (TPSA) is 79.3 Å². The Bertz CT molecular complexity index is 499. The molecule has 1 aliphatic carbocycles. The number of carboxylic acid groups (broad SMARTS) is 1. The number of amides is 1. The summed E-state index contributed by atoms with van der Waals surface area (Å²) in [5.41, 5.74) is 0.436. The van der Waals surface area contributed by atoms with Crippen LogP contribution >= 0.6 is 0 Å². The molecule has 0 bridgehead atoms. The number of hydrogen-bond donors (Lipinski definition) is 2. The quantitative estimate of drug-likeness (QED) is 0.864. The van der Waals surface area contributed by atoms with E-state index in [2.05, 4.69) is 10.3 Å². The van der Waals surface area contributed by atoms with Gasteiger partial charge in [0.2, 0.25) is 5.91 Å². The van der Waals surface area contributed by atoms with Gasteiger partial charge >= 0.3 is 5.97 Å². The summed E-state index contributed by atoms with van der Waals surface area (Å²) in [5, 5.41) is 11.9. The lowest BCUT2D eigenvalue weighted by Gasteiger charge is -2.14. The molecular formula is C14H18N2O3. The average Bonchev–Trinajstić information content (AvgIpc) is 2.93. The highest BCUT2D eigenvalue weighted by atomic mass is 16.4. The van der Waals surface area contributed by atoms with Crippen LogP contribution in [0, 0.1) is 17.3 Å². The van der Waals surface area contributed by atoms with Gasteiger partial charge in [0.25, 0.3) is 0 Å². The summed E-state index contributed by atoms with van der Waals surface area (Å²) in [7, 11) is 0. The van der Waals surface area contributed by atoms with Gasteiger partial charge in [0.05, 0.1) is 17.9 Å². The predicted octanol–water partition coefficient (Wildman–Crippen LogP) is 1.62. The smallest absolute Gasteiger partial charge is 0.307 e. The van der Waals surface area contributed by atoms with E-state index >= 15 is 0 Å². The van der Waals surface area contributed by atoms with Gasteiger partial charge in [-0.1, -0.05) is 19.9 Å². The lowest BCUT2D eigenvalue weighted by atomic mass is 10.1. The lowest BCUT2D eigenvalue weighted by Crippen LogP contribution is -2.30. The zero-order valence-electron chi connectivity index (χ0n) is 11.3. The highest BCUT2D eigenvalue weighted by Crippen LogP contribution is 2.58. The zero-order valence-corrected chi connectivity index (χ0v) is 11.3. The fourth-order valence-electron chi connectivity index (χ4n) is 2.61. The maximum atomic E-state index is 12.1. The average molecular weight is 262 g/mol. The Morgan fingerprint density at radius 1 is 1.42 bits per heavy atom. The van der Waals surface area contributed by atoms with Crippen molar-refractivity contribution in [2.45, 2.75) is 26.8 Å². The fourth-order valence-corrected chi connectivity index (χ4v) is 2.61. The SMILES string of the molecule is CC(NC(=O)[C@@H]1[C@H](C(=O)O)C1(C)C)c1cccnc1. The van der Waals surface area contributed by atoms with E-state index in [1.807, 2.05) is 26.8 Å². The van der Waals surface area contributed by atoms with Crippen LogP contribution in [0.5, 0.6) is 0 Å². The van der Waals surface area contributed by atoms with E-state index in [0.29, 0.717) is 0 Å². The van der Waals surface area contributed by atoms with Crippen LogP contribution in [-0.4, -0.2) is 22.0 Å². The second-order valence-corrected chi connectivity index (χ2v) is 5.63. The van der Waals surface area contributed by atoms with Crippen LogP contribution in [0.2, 0.25) is 0 Å². The number of pyridine rings is 1. The first kappa shape index (κ1) is 13.5. The van der Waals surface area contributed by atoms with E-state index < -0.39 is 23.2 Å². The van der Waals surface area contributed by atoms with E-state index in [1.165, 1.54) is 0 Å². The van der Waals surface area contributed by atoms with E-state index in [1.54, 1.807) is 18.5 Å². The minimum atomic E-state index is -0.904. The summed E-state index contributed by atoms with van der Waals surface area (Å²) in [6.45, 7) is 5.48. The molecule has 1 aliphatic rings. The van der Waals surface area contributed by atoms with Crippen LogP contribution in [0.25, 0.3) is 0 Å². The van der Waals surface area contributed by atoms with Gasteiger partial charge in [0.15, 0.2) is 0 Å². The molecule has 2 N–H and O–H groups in total.